The van der Waals surface area contributed by atoms with Gasteiger partial charge in [-0.1, -0.05) is 18.2 Å². The lowest BCUT2D eigenvalue weighted by molar-refractivity contribution is 0.322. The van der Waals surface area contributed by atoms with Crippen LogP contribution in [0.15, 0.2) is 47.6 Å². The first kappa shape index (κ1) is 17.7. The fourth-order valence-corrected chi connectivity index (χ4v) is 2.15. The van der Waals surface area contributed by atoms with Gasteiger partial charge in [-0.15, -0.1) is 0 Å². The van der Waals surface area contributed by atoms with E-state index in [9.17, 15) is 4.39 Å². The molecule has 128 valence electrons. The van der Waals surface area contributed by atoms with E-state index in [0.717, 1.165) is 17.7 Å². The Balaban J connectivity index is 2.02. The molecule has 5 nitrogen and oxygen atoms in total. The van der Waals surface area contributed by atoms with Gasteiger partial charge in [-0.2, -0.15) is 0 Å². The molecule has 24 heavy (non-hydrogen) atoms. The van der Waals surface area contributed by atoms with E-state index in [2.05, 4.69) is 20.6 Å². The van der Waals surface area contributed by atoms with Crippen LogP contribution in [0.2, 0.25) is 0 Å². The molecule has 0 aliphatic rings. The summed E-state index contributed by atoms with van der Waals surface area (Å²) in [6.07, 6.45) is 1.71. The van der Waals surface area contributed by atoms with Crippen LogP contribution in [0.25, 0.3) is 0 Å². The van der Waals surface area contributed by atoms with Gasteiger partial charge in [-0.25, -0.2) is 14.4 Å². The highest BCUT2D eigenvalue weighted by Gasteiger charge is 2.05. The highest BCUT2D eigenvalue weighted by molar-refractivity contribution is 5.79. The Kier molecular flexibility index (Phi) is 7.01. The summed E-state index contributed by atoms with van der Waals surface area (Å²) in [4.78, 5) is 8.71. The lowest BCUT2D eigenvalue weighted by atomic mass is 10.2. The van der Waals surface area contributed by atoms with Gasteiger partial charge in [0, 0.05) is 24.8 Å². The van der Waals surface area contributed by atoms with Crippen molar-refractivity contribution in [3.05, 3.63) is 59.5 Å². The molecule has 0 unspecified atom stereocenters. The molecule has 1 aromatic carbocycles. The second-order valence-electron chi connectivity index (χ2n) is 5.08. The standard InChI is InChI=1S/C18H23FN4O/c1-3-20-18(22-12-14-7-5-9-16(19)11-14)23-13-15-8-6-10-21-17(15)24-4-2/h5-11H,3-4,12-13H2,1-2H3,(H2,20,22,23). The number of ether oxygens (including phenoxy) is 1. The van der Waals surface area contributed by atoms with Gasteiger partial charge >= 0.3 is 0 Å². The van der Waals surface area contributed by atoms with Crippen molar-refractivity contribution in [2.24, 2.45) is 4.99 Å². The van der Waals surface area contributed by atoms with Crippen molar-refractivity contribution >= 4 is 5.96 Å². The molecule has 6 heteroatoms. The number of halogens is 1. The van der Waals surface area contributed by atoms with Crippen LogP contribution in [-0.4, -0.2) is 24.1 Å². The molecule has 0 saturated carbocycles. The molecule has 2 aromatic rings. The average Bonchev–Trinajstić information content (AvgIpc) is 2.59. The number of pyridine rings is 1. The molecule has 1 aromatic heterocycles. The number of rotatable bonds is 7. The lowest BCUT2D eigenvalue weighted by Gasteiger charge is -2.13. The summed E-state index contributed by atoms with van der Waals surface area (Å²) in [6, 6.07) is 10.3. The Hall–Kier alpha value is -2.63. The van der Waals surface area contributed by atoms with Gasteiger partial charge < -0.3 is 15.4 Å². The van der Waals surface area contributed by atoms with Gasteiger partial charge in [0.2, 0.25) is 5.88 Å². The van der Waals surface area contributed by atoms with E-state index in [-0.39, 0.29) is 5.82 Å². The second-order valence-corrected chi connectivity index (χ2v) is 5.08. The van der Waals surface area contributed by atoms with E-state index in [1.54, 1.807) is 12.3 Å². The Bertz CT molecular complexity index is 676. The highest BCUT2D eigenvalue weighted by atomic mass is 19.1. The van der Waals surface area contributed by atoms with E-state index in [0.29, 0.717) is 31.5 Å². The summed E-state index contributed by atoms with van der Waals surface area (Å²) in [7, 11) is 0. The maximum Gasteiger partial charge on any atom is 0.218 e. The first-order chi connectivity index (χ1) is 11.7. The van der Waals surface area contributed by atoms with Crippen LogP contribution >= 0.6 is 0 Å². The molecule has 0 bridgehead atoms. The highest BCUT2D eigenvalue weighted by Crippen LogP contribution is 2.13. The molecule has 0 radical (unpaired) electrons. The Labute approximate surface area is 142 Å². The van der Waals surface area contributed by atoms with Crippen molar-refractivity contribution in [3.63, 3.8) is 0 Å². The second kappa shape index (κ2) is 9.50. The molecule has 0 amide bonds. The quantitative estimate of drug-likeness (QED) is 0.605. The minimum absolute atomic E-state index is 0.252. The third kappa shape index (κ3) is 5.53. The maximum absolute atomic E-state index is 13.2. The van der Waals surface area contributed by atoms with Gasteiger partial charge in [0.15, 0.2) is 5.96 Å². The topological polar surface area (TPSA) is 58.5 Å². The van der Waals surface area contributed by atoms with E-state index in [4.69, 9.17) is 4.74 Å². The van der Waals surface area contributed by atoms with Gasteiger partial charge in [-0.05, 0) is 37.6 Å². The SMILES string of the molecule is CCNC(=NCc1cccc(F)c1)NCc1cccnc1OCC. The van der Waals surface area contributed by atoms with Gasteiger partial charge in [0.05, 0.1) is 13.2 Å². The third-order valence-corrected chi connectivity index (χ3v) is 3.23. The monoisotopic (exact) mass is 330 g/mol. The molecule has 0 fully saturated rings. The molecule has 1 heterocycles. The predicted molar refractivity (Wildman–Crippen MR) is 93.5 cm³/mol. The van der Waals surface area contributed by atoms with Gasteiger partial charge in [-0.3, -0.25) is 0 Å². The molecule has 0 saturated heterocycles. The third-order valence-electron chi connectivity index (χ3n) is 3.23. The predicted octanol–water partition coefficient (Wildman–Crippen LogP) is 2.87. The Morgan fingerprint density at radius 1 is 1.21 bits per heavy atom. The first-order valence-electron chi connectivity index (χ1n) is 8.06. The molecule has 0 aliphatic carbocycles. The van der Waals surface area contributed by atoms with Crippen molar-refractivity contribution in [1.29, 1.82) is 0 Å². The van der Waals surface area contributed by atoms with Crippen LogP contribution in [0.5, 0.6) is 5.88 Å². The fraction of sp³-hybridized carbons (Fsp3) is 0.333. The van der Waals surface area contributed by atoms with E-state index < -0.39 is 0 Å². The summed E-state index contributed by atoms with van der Waals surface area (Å²) >= 11 is 0. The van der Waals surface area contributed by atoms with Crippen molar-refractivity contribution < 1.29 is 9.13 Å². The zero-order valence-corrected chi connectivity index (χ0v) is 14.1. The normalized spacial score (nSPS) is 11.2. The summed E-state index contributed by atoms with van der Waals surface area (Å²) in [5.41, 5.74) is 1.78. The minimum atomic E-state index is -0.252. The number of aromatic nitrogens is 1. The molecule has 0 spiro atoms. The number of guanidine groups is 1. The smallest absolute Gasteiger partial charge is 0.218 e. The summed E-state index contributed by atoms with van der Waals surface area (Å²) in [5.74, 6) is 1.03. The number of benzene rings is 1. The zero-order valence-electron chi connectivity index (χ0n) is 14.1. The molecule has 2 rings (SSSR count). The van der Waals surface area contributed by atoms with Crippen molar-refractivity contribution in [2.45, 2.75) is 26.9 Å². The Morgan fingerprint density at radius 2 is 2.08 bits per heavy atom. The molecule has 0 aliphatic heterocycles. The maximum atomic E-state index is 13.2. The fourth-order valence-electron chi connectivity index (χ4n) is 2.15. The van der Waals surface area contributed by atoms with Crippen LogP contribution in [-0.2, 0) is 13.1 Å². The van der Waals surface area contributed by atoms with E-state index >= 15 is 0 Å². The average molecular weight is 330 g/mol. The lowest BCUT2D eigenvalue weighted by Crippen LogP contribution is -2.36. The van der Waals surface area contributed by atoms with Crippen LogP contribution in [0.3, 0.4) is 0 Å². The van der Waals surface area contributed by atoms with Crippen molar-refractivity contribution in [2.75, 3.05) is 13.2 Å². The number of hydrogen-bond acceptors (Lipinski definition) is 3. The molecular formula is C18H23FN4O. The zero-order chi connectivity index (χ0) is 17.2. The first-order valence-corrected chi connectivity index (χ1v) is 8.06. The van der Waals surface area contributed by atoms with E-state index in [1.165, 1.54) is 12.1 Å². The summed E-state index contributed by atoms with van der Waals surface area (Å²) in [5, 5.41) is 6.42. The number of nitrogens with one attached hydrogen (secondary N) is 2. The van der Waals surface area contributed by atoms with E-state index in [1.807, 2.05) is 32.0 Å². The number of nitrogens with zero attached hydrogens (tertiary/aromatic N) is 2. The van der Waals surface area contributed by atoms with Crippen LogP contribution in [0, 0.1) is 5.82 Å². The summed E-state index contributed by atoms with van der Waals surface area (Å²) < 4.78 is 18.7. The number of hydrogen-bond donors (Lipinski definition) is 2. The molecule has 2 N–H and O–H groups in total. The number of aliphatic imine (C=N–C) groups is 1. The van der Waals surface area contributed by atoms with Crippen molar-refractivity contribution in [1.82, 2.24) is 15.6 Å². The van der Waals surface area contributed by atoms with Crippen LogP contribution in [0.4, 0.5) is 4.39 Å². The molecular weight excluding hydrogens is 307 g/mol. The minimum Gasteiger partial charge on any atom is -0.478 e. The van der Waals surface area contributed by atoms with Crippen LogP contribution in [0.1, 0.15) is 25.0 Å². The van der Waals surface area contributed by atoms with Gasteiger partial charge in [0.25, 0.3) is 0 Å². The van der Waals surface area contributed by atoms with Gasteiger partial charge in [0.1, 0.15) is 5.82 Å². The Morgan fingerprint density at radius 3 is 2.83 bits per heavy atom. The van der Waals surface area contributed by atoms with Crippen molar-refractivity contribution in [3.8, 4) is 5.88 Å². The summed E-state index contributed by atoms with van der Waals surface area (Å²) in [6.45, 7) is 6.17. The largest absolute Gasteiger partial charge is 0.478 e. The van der Waals surface area contributed by atoms with Crippen LogP contribution < -0.4 is 15.4 Å². The molecule has 0 atom stereocenters.